The molecule has 1 heterocycles. The molecular weight excluding hydrogens is 288 g/mol. The number of carbonyl (C=O) groups is 2. The number of hydrogen-bond donors (Lipinski definition) is 0. The lowest BCUT2D eigenvalue weighted by molar-refractivity contribution is -0.117. The molecule has 1 aliphatic heterocycles. The van der Waals surface area contributed by atoms with E-state index in [0.29, 0.717) is 11.6 Å². The predicted octanol–water partition coefficient (Wildman–Crippen LogP) is 3.15. The van der Waals surface area contributed by atoms with Crippen molar-refractivity contribution < 1.29 is 9.59 Å². The molecular formula is C19H18N2O2. The third-order valence-corrected chi connectivity index (χ3v) is 4.53. The van der Waals surface area contributed by atoms with Crippen LogP contribution >= 0.6 is 0 Å². The van der Waals surface area contributed by atoms with Crippen molar-refractivity contribution in [2.45, 2.75) is 25.8 Å². The standard InChI is InChI=1S/C19H18N2O2/c1-13-6-2-3-7-15(13)19(23)20-12-18(22)21(14-10-11-14)17-9-5-4-8-16(17)20/h2-9,14H,10-12H2,1H3. The second-order valence-corrected chi connectivity index (χ2v) is 6.19. The van der Waals surface area contributed by atoms with E-state index >= 15 is 0 Å². The fourth-order valence-electron chi connectivity index (χ4n) is 3.20. The van der Waals surface area contributed by atoms with E-state index in [4.69, 9.17) is 0 Å². The van der Waals surface area contributed by atoms with Gasteiger partial charge < -0.3 is 4.90 Å². The van der Waals surface area contributed by atoms with Gasteiger partial charge >= 0.3 is 0 Å². The minimum atomic E-state index is -0.112. The van der Waals surface area contributed by atoms with Gasteiger partial charge in [-0.1, -0.05) is 30.3 Å². The lowest BCUT2D eigenvalue weighted by atomic mass is 10.1. The molecule has 1 saturated carbocycles. The normalized spacial score (nSPS) is 17.2. The summed E-state index contributed by atoms with van der Waals surface area (Å²) in [5.74, 6) is -0.104. The van der Waals surface area contributed by atoms with Gasteiger partial charge in [-0.2, -0.15) is 0 Å². The predicted molar refractivity (Wildman–Crippen MR) is 89.8 cm³/mol. The highest BCUT2D eigenvalue weighted by Crippen LogP contribution is 2.40. The van der Waals surface area contributed by atoms with Crippen molar-refractivity contribution in [2.24, 2.45) is 0 Å². The Morgan fingerprint density at radius 1 is 1.00 bits per heavy atom. The molecule has 1 fully saturated rings. The molecule has 2 aromatic rings. The summed E-state index contributed by atoms with van der Waals surface area (Å²) in [5, 5.41) is 0. The molecule has 0 saturated heterocycles. The first kappa shape index (κ1) is 14.0. The van der Waals surface area contributed by atoms with Crippen molar-refractivity contribution in [1.82, 2.24) is 0 Å². The Bertz CT molecular complexity index is 795. The van der Waals surface area contributed by atoms with Crippen molar-refractivity contribution in [3.8, 4) is 0 Å². The number of benzene rings is 2. The molecule has 0 atom stereocenters. The van der Waals surface area contributed by atoms with Crippen molar-refractivity contribution >= 4 is 23.2 Å². The van der Waals surface area contributed by atoms with Crippen LogP contribution in [0.2, 0.25) is 0 Å². The number of anilines is 2. The Kier molecular flexibility index (Phi) is 3.18. The zero-order chi connectivity index (χ0) is 16.0. The summed E-state index contributed by atoms with van der Waals surface area (Å²) < 4.78 is 0. The summed E-state index contributed by atoms with van der Waals surface area (Å²) in [6, 6.07) is 15.5. The van der Waals surface area contributed by atoms with Crippen LogP contribution in [0.3, 0.4) is 0 Å². The minimum absolute atomic E-state index is 0.00753. The Morgan fingerprint density at radius 2 is 1.65 bits per heavy atom. The lowest BCUT2D eigenvalue weighted by Gasteiger charge is -2.36. The van der Waals surface area contributed by atoms with E-state index < -0.39 is 0 Å². The van der Waals surface area contributed by atoms with Gasteiger partial charge in [0.2, 0.25) is 5.91 Å². The van der Waals surface area contributed by atoms with Gasteiger partial charge in [0.1, 0.15) is 6.54 Å². The molecule has 23 heavy (non-hydrogen) atoms. The van der Waals surface area contributed by atoms with Gasteiger partial charge in [0.05, 0.1) is 11.4 Å². The summed E-state index contributed by atoms with van der Waals surface area (Å²) in [6.45, 7) is 2.03. The van der Waals surface area contributed by atoms with Gasteiger partial charge in [-0.3, -0.25) is 14.5 Å². The van der Waals surface area contributed by atoms with Gasteiger partial charge in [-0.05, 0) is 43.5 Å². The molecule has 2 aliphatic rings. The highest BCUT2D eigenvalue weighted by Gasteiger charge is 2.40. The van der Waals surface area contributed by atoms with Crippen LogP contribution in [-0.2, 0) is 4.79 Å². The first-order valence-electron chi connectivity index (χ1n) is 7.95. The molecule has 0 bridgehead atoms. The average Bonchev–Trinajstić information content (AvgIpc) is 3.38. The summed E-state index contributed by atoms with van der Waals surface area (Å²) >= 11 is 0. The summed E-state index contributed by atoms with van der Waals surface area (Å²) in [6.07, 6.45) is 2.09. The average molecular weight is 306 g/mol. The molecule has 116 valence electrons. The molecule has 0 spiro atoms. The second-order valence-electron chi connectivity index (χ2n) is 6.19. The molecule has 0 aromatic heterocycles. The Balaban J connectivity index is 1.78. The number of carbonyl (C=O) groups excluding carboxylic acids is 2. The molecule has 0 radical (unpaired) electrons. The maximum Gasteiger partial charge on any atom is 0.259 e. The van der Waals surface area contributed by atoms with Crippen LogP contribution in [0.4, 0.5) is 11.4 Å². The van der Waals surface area contributed by atoms with Crippen LogP contribution in [0.15, 0.2) is 48.5 Å². The van der Waals surface area contributed by atoms with Crippen molar-refractivity contribution in [3.63, 3.8) is 0 Å². The Morgan fingerprint density at radius 3 is 2.35 bits per heavy atom. The molecule has 4 heteroatoms. The summed E-state index contributed by atoms with van der Waals surface area (Å²) in [4.78, 5) is 29.1. The number of aryl methyl sites for hydroxylation is 1. The van der Waals surface area contributed by atoms with E-state index in [9.17, 15) is 9.59 Å². The van der Waals surface area contributed by atoms with Gasteiger partial charge in [0, 0.05) is 11.6 Å². The number of para-hydroxylation sites is 2. The third kappa shape index (κ3) is 2.31. The first-order chi connectivity index (χ1) is 11.2. The molecule has 4 nitrogen and oxygen atoms in total. The SMILES string of the molecule is Cc1ccccc1C(=O)N1CC(=O)N(C2CC2)c2ccccc21. The van der Waals surface area contributed by atoms with Crippen LogP contribution in [0, 0.1) is 6.92 Å². The summed E-state index contributed by atoms with van der Waals surface area (Å²) in [5.41, 5.74) is 3.25. The first-order valence-corrected chi connectivity index (χ1v) is 7.95. The summed E-state index contributed by atoms with van der Waals surface area (Å²) in [7, 11) is 0. The molecule has 0 unspecified atom stereocenters. The van der Waals surface area contributed by atoms with Crippen molar-refractivity contribution in [3.05, 3.63) is 59.7 Å². The minimum Gasteiger partial charge on any atom is -0.306 e. The van der Waals surface area contributed by atoms with Crippen molar-refractivity contribution in [2.75, 3.05) is 16.3 Å². The number of amides is 2. The topological polar surface area (TPSA) is 40.6 Å². The van der Waals surface area contributed by atoms with E-state index in [0.717, 1.165) is 29.8 Å². The van der Waals surface area contributed by atoms with Crippen LogP contribution in [0.5, 0.6) is 0 Å². The van der Waals surface area contributed by atoms with E-state index in [1.165, 1.54) is 0 Å². The number of nitrogens with zero attached hydrogens (tertiary/aromatic N) is 2. The fraction of sp³-hybridized carbons (Fsp3) is 0.263. The Hall–Kier alpha value is -2.62. The monoisotopic (exact) mass is 306 g/mol. The molecule has 0 N–H and O–H groups in total. The second kappa shape index (κ2) is 5.23. The third-order valence-electron chi connectivity index (χ3n) is 4.53. The van der Waals surface area contributed by atoms with Gasteiger partial charge in [0.15, 0.2) is 0 Å². The molecule has 1 aliphatic carbocycles. The smallest absolute Gasteiger partial charge is 0.259 e. The van der Waals surface area contributed by atoms with Crippen molar-refractivity contribution in [1.29, 1.82) is 0 Å². The highest BCUT2D eigenvalue weighted by atomic mass is 16.2. The zero-order valence-corrected chi connectivity index (χ0v) is 13.0. The molecule has 4 rings (SSSR count). The Labute approximate surface area is 135 Å². The quantitative estimate of drug-likeness (QED) is 0.855. The number of fused-ring (bicyclic) bond motifs is 1. The largest absolute Gasteiger partial charge is 0.306 e. The molecule has 2 amide bonds. The van der Waals surface area contributed by atoms with Crippen LogP contribution in [0.25, 0.3) is 0 Å². The molecule has 2 aromatic carbocycles. The van der Waals surface area contributed by atoms with Crippen LogP contribution in [0.1, 0.15) is 28.8 Å². The maximum absolute atomic E-state index is 13.0. The maximum atomic E-state index is 13.0. The number of rotatable bonds is 2. The lowest BCUT2D eigenvalue weighted by Crippen LogP contribution is -2.49. The zero-order valence-electron chi connectivity index (χ0n) is 13.0. The van der Waals surface area contributed by atoms with Gasteiger partial charge in [0.25, 0.3) is 5.91 Å². The van der Waals surface area contributed by atoms with Crippen LogP contribution in [-0.4, -0.2) is 24.4 Å². The number of hydrogen-bond acceptors (Lipinski definition) is 2. The van der Waals surface area contributed by atoms with Gasteiger partial charge in [-0.15, -0.1) is 0 Å². The van der Waals surface area contributed by atoms with E-state index in [-0.39, 0.29) is 18.4 Å². The van der Waals surface area contributed by atoms with Crippen LogP contribution < -0.4 is 9.80 Å². The van der Waals surface area contributed by atoms with E-state index in [1.54, 1.807) is 4.90 Å². The fourth-order valence-corrected chi connectivity index (χ4v) is 3.20. The van der Waals surface area contributed by atoms with E-state index in [1.807, 2.05) is 60.4 Å². The van der Waals surface area contributed by atoms with E-state index in [2.05, 4.69) is 0 Å². The highest BCUT2D eigenvalue weighted by molar-refractivity contribution is 6.16. The van der Waals surface area contributed by atoms with Gasteiger partial charge in [-0.25, -0.2) is 0 Å².